The minimum absolute atomic E-state index is 0.454. The summed E-state index contributed by atoms with van der Waals surface area (Å²) in [6.07, 6.45) is 0.206. The van der Waals surface area contributed by atoms with E-state index in [-0.39, 0.29) is 0 Å². The lowest BCUT2D eigenvalue weighted by molar-refractivity contribution is -0.269. The normalized spacial score (nSPS) is 22.5. The molecule has 0 amide bonds. The van der Waals surface area contributed by atoms with Crippen molar-refractivity contribution in [1.82, 2.24) is 4.90 Å². The van der Waals surface area contributed by atoms with Crippen LogP contribution in [0.3, 0.4) is 0 Å². The topological polar surface area (TPSA) is 45.1 Å². The standard InChI is InChI=1S/C23H26ClF3N2O2/c1-21(2,18-10-16(24)8-15-5-7-31-20(15)18)13-22(30,23(25,26)27)11-17-9-14-4-6-29(3)12-19(14)28-17/h4,6,8-10,17,30H,5,7,11-13H2,1-3H3. The maximum absolute atomic E-state index is 14.2. The second kappa shape index (κ2) is 7.55. The van der Waals surface area contributed by atoms with Gasteiger partial charge in [-0.1, -0.05) is 31.5 Å². The van der Waals surface area contributed by atoms with E-state index >= 15 is 0 Å². The minimum atomic E-state index is -4.81. The van der Waals surface area contributed by atoms with Gasteiger partial charge in [0.1, 0.15) is 5.75 Å². The zero-order valence-corrected chi connectivity index (χ0v) is 18.5. The number of nitrogens with zero attached hydrogens (tertiary/aromatic N) is 2. The zero-order valence-electron chi connectivity index (χ0n) is 17.8. The van der Waals surface area contributed by atoms with E-state index in [1.54, 1.807) is 32.1 Å². The van der Waals surface area contributed by atoms with Crippen molar-refractivity contribution >= 4 is 17.3 Å². The molecule has 3 aliphatic rings. The van der Waals surface area contributed by atoms with E-state index < -0.39 is 36.1 Å². The van der Waals surface area contributed by atoms with Crippen LogP contribution in [0.5, 0.6) is 5.75 Å². The highest BCUT2D eigenvalue weighted by atomic mass is 35.5. The van der Waals surface area contributed by atoms with Crippen LogP contribution < -0.4 is 4.74 Å². The summed E-state index contributed by atoms with van der Waals surface area (Å²) in [5.74, 6) is 0.585. The lowest BCUT2D eigenvalue weighted by Crippen LogP contribution is -2.50. The molecule has 168 valence electrons. The smallest absolute Gasteiger partial charge is 0.417 e. The van der Waals surface area contributed by atoms with E-state index in [0.717, 1.165) is 16.8 Å². The van der Waals surface area contributed by atoms with Gasteiger partial charge in [-0.25, -0.2) is 0 Å². The molecule has 1 aromatic rings. The Morgan fingerprint density at radius 3 is 2.74 bits per heavy atom. The Balaban J connectivity index is 1.64. The van der Waals surface area contributed by atoms with Crippen molar-refractivity contribution in [2.24, 2.45) is 4.99 Å². The molecule has 3 aliphatic heterocycles. The van der Waals surface area contributed by atoms with Crippen molar-refractivity contribution in [3.63, 3.8) is 0 Å². The van der Waals surface area contributed by atoms with E-state index in [9.17, 15) is 18.3 Å². The molecule has 0 radical (unpaired) electrons. The molecule has 0 bridgehead atoms. The lowest BCUT2D eigenvalue weighted by Gasteiger charge is -2.39. The molecule has 31 heavy (non-hydrogen) atoms. The van der Waals surface area contributed by atoms with E-state index in [1.165, 1.54) is 0 Å². The molecule has 0 saturated carbocycles. The van der Waals surface area contributed by atoms with Crippen LogP contribution in [-0.2, 0) is 11.8 Å². The van der Waals surface area contributed by atoms with Gasteiger partial charge in [-0.15, -0.1) is 0 Å². The van der Waals surface area contributed by atoms with Crippen LogP contribution in [-0.4, -0.2) is 53.7 Å². The van der Waals surface area contributed by atoms with Crippen LogP contribution in [0.4, 0.5) is 13.2 Å². The van der Waals surface area contributed by atoms with Gasteiger partial charge in [-0.2, -0.15) is 13.2 Å². The number of aliphatic hydroxyl groups is 1. The Labute approximate surface area is 185 Å². The fourth-order valence-corrected chi connectivity index (χ4v) is 4.97. The number of allylic oxidation sites excluding steroid dienone is 1. The van der Waals surface area contributed by atoms with Gasteiger partial charge in [0.15, 0.2) is 5.60 Å². The van der Waals surface area contributed by atoms with E-state index in [0.29, 0.717) is 35.9 Å². The summed E-state index contributed by atoms with van der Waals surface area (Å²) in [6.45, 7) is 4.39. The maximum Gasteiger partial charge on any atom is 0.417 e. The van der Waals surface area contributed by atoms with E-state index in [4.69, 9.17) is 16.3 Å². The first-order valence-electron chi connectivity index (χ1n) is 10.3. The van der Waals surface area contributed by atoms with Crippen molar-refractivity contribution < 1.29 is 23.0 Å². The largest absolute Gasteiger partial charge is 0.493 e. The van der Waals surface area contributed by atoms with Crippen molar-refractivity contribution in [3.05, 3.63) is 52.2 Å². The molecule has 0 saturated heterocycles. The average Bonchev–Trinajstić information content (AvgIpc) is 3.24. The van der Waals surface area contributed by atoms with E-state index in [1.807, 2.05) is 24.2 Å². The lowest BCUT2D eigenvalue weighted by atomic mass is 9.72. The van der Waals surface area contributed by atoms with Gasteiger partial charge >= 0.3 is 6.18 Å². The molecule has 2 unspecified atom stereocenters. The fraction of sp³-hybridized carbons (Fsp3) is 0.522. The zero-order chi connectivity index (χ0) is 22.6. The Hall–Kier alpha value is -1.99. The SMILES string of the molecule is CN1C=CC2=CC(CC(O)(CC(C)(C)c3cc(Cl)cc4c3OCC4)C(F)(F)F)N=C2C1. The Kier molecular flexibility index (Phi) is 5.41. The highest BCUT2D eigenvalue weighted by Gasteiger charge is 2.57. The van der Waals surface area contributed by atoms with Crippen LogP contribution in [0.2, 0.25) is 5.02 Å². The first kappa shape index (κ1) is 22.2. The highest BCUT2D eigenvalue weighted by molar-refractivity contribution is 6.30. The molecule has 3 heterocycles. The van der Waals surface area contributed by atoms with Crippen LogP contribution >= 0.6 is 11.6 Å². The van der Waals surface area contributed by atoms with Crippen LogP contribution in [0.1, 0.15) is 37.8 Å². The molecular formula is C23H26ClF3N2O2. The molecule has 0 spiro atoms. The predicted molar refractivity (Wildman–Crippen MR) is 115 cm³/mol. The number of alkyl halides is 3. The molecule has 4 rings (SSSR count). The van der Waals surface area contributed by atoms with Gasteiger partial charge in [0.25, 0.3) is 0 Å². The van der Waals surface area contributed by atoms with Crippen molar-refractivity contribution in [2.75, 3.05) is 20.2 Å². The molecular weight excluding hydrogens is 429 g/mol. The average molecular weight is 455 g/mol. The number of hydrogen-bond donors (Lipinski definition) is 1. The van der Waals surface area contributed by atoms with Crippen molar-refractivity contribution in [1.29, 1.82) is 0 Å². The number of benzene rings is 1. The molecule has 2 atom stereocenters. The summed E-state index contributed by atoms with van der Waals surface area (Å²) >= 11 is 6.24. The first-order chi connectivity index (χ1) is 14.4. The Bertz CT molecular complexity index is 984. The number of aliphatic imine (C=N–C) groups is 1. The number of ether oxygens (including phenoxy) is 1. The third-order valence-electron chi connectivity index (χ3n) is 6.22. The summed E-state index contributed by atoms with van der Waals surface area (Å²) in [4.78, 5) is 6.37. The van der Waals surface area contributed by atoms with Gasteiger partial charge in [-0.3, -0.25) is 4.99 Å². The molecule has 1 N–H and O–H groups in total. The van der Waals surface area contributed by atoms with Crippen LogP contribution in [0.15, 0.2) is 41.1 Å². The Morgan fingerprint density at radius 2 is 2.03 bits per heavy atom. The number of hydrogen-bond acceptors (Lipinski definition) is 4. The quantitative estimate of drug-likeness (QED) is 0.692. The summed E-state index contributed by atoms with van der Waals surface area (Å²) in [5, 5.41) is 11.4. The molecule has 0 fully saturated rings. The minimum Gasteiger partial charge on any atom is -0.493 e. The van der Waals surface area contributed by atoms with Crippen LogP contribution in [0.25, 0.3) is 0 Å². The third kappa shape index (κ3) is 4.22. The number of halogens is 4. The van der Waals surface area contributed by atoms with Gasteiger partial charge in [-0.05, 0) is 47.4 Å². The molecule has 8 heteroatoms. The predicted octanol–water partition coefficient (Wildman–Crippen LogP) is 4.83. The first-order valence-corrected chi connectivity index (χ1v) is 10.7. The van der Waals surface area contributed by atoms with Gasteiger partial charge < -0.3 is 14.7 Å². The molecule has 0 aromatic heterocycles. The van der Waals surface area contributed by atoms with Gasteiger partial charge in [0.2, 0.25) is 0 Å². The summed E-state index contributed by atoms with van der Waals surface area (Å²) in [5.41, 5.74) is -0.899. The second-order valence-corrected chi connectivity index (χ2v) is 9.77. The van der Waals surface area contributed by atoms with Gasteiger partial charge in [0, 0.05) is 30.5 Å². The van der Waals surface area contributed by atoms with Crippen molar-refractivity contribution in [2.45, 2.75) is 56.3 Å². The van der Waals surface area contributed by atoms with Crippen LogP contribution in [0, 0.1) is 0 Å². The summed E-state index contributed by atoms with van der Waals surface area (Å²) in [7, 11) is 1.88. The summed E-state index contributed by atoms with van der Waals surface area (Å²) in [6, 6.07) is 2.70. The third-order valence-corrected chi connectivity index (χ3v) is 6.44. The highest BCUT2D eigenvalue weighted by Crippen LogP contribution is 2.48. The molecule has 1 aromatic carbocycles. The molecule has 4 nitrogen and oxygen atoms in total. The number of rotatable bonds is 5. The Morgan fingerprint density at radius 1 is 1.29 bits per heavy atom. The summed E-state index contributed by atoms with van der Waals surface area (Å²) < 4.78 is 48.3. The van der Waals surface area contributed by atoms with Crippen molar-refractivity contribution in [3.8, 4) is 5.75 Å². The number of fused-ring (bicyclic) bond motifs is 2. The fourth-order valence-electron chi connectivity index (χ4n) is 4.73. The maximum atomic E-state index is 14.2. The van der Waals surface area contributed by atoms with E-state index in [2.05, 4.69) is 4.99 Å². The molecule has 0 aliphatic carbocycles. The monoisotopic (exact) mass is 454 g/mol. The second-order valence-electron chi connectivity index (χ2n) is 9.33. The van der Waals surface area contributed by atoms with Gasteiger partial charge in [0.05, 0.1) is 24.9 Å².